The lowest BCUT2D eigenvalue weighted by Crippen LogP contribution is -2.34. The number of amides is 2. The second kappa shape index (κ2) is 7.66. The van der Waals surface area contributed by atoms with Gasteiger partial charge in [0.15, 0.2) is 0 Å². The Morgan fingerprint density at radius 2 is 1.92 bits per heavy atom. The van der Waals surface area contributed by atoms with Crippen molar-refractivity contribution < 1.29 is 14.0 Å². The monoisotopic (exact) mass is 355 g/mol. The van der Waals surface area contributed by atoms with Crippen molar-refractivity contribution in [1.82, 2.24) is 4.90 Å². The van der Waals surface area contributed by atoms with Gasteiger partial charge in [0, 0.05) is 29.4 Å². The molecular formula is C20H22FN3O2. The SMILES string of the molecule is CC1CC(CN)CN1C(=O)c1cccc(NC(=O)c2ccc(F)cc2)c1. The van der Waals surface area contributed by atoms with Crippen molar-refractivity contribution in [3.8, 4) is 0 Å². The number of anilines is 1. The summed E-state index contributed by atoms with van der Waals surface area (Å²) in [7, 11) is 0. The second-order valence-corrected chi connectivity index (χ2v) is 6.69. The summed E-state index contributed by atoms with van der Waals surface area (Å²) in [5.41, 5.74) is 7.12. The van der Waals surface area contributed by atoms with Crippen molar-refractivity contribution in [2.75, 3.05) is 18.4 Å². The Morgan fingerprint density at radius 3 is 2.58 bits per heavy atom. The minimum absolute atomic E-state index is 0.0636. The zero-order valence-electron chi connectivity index (χ0n) is 14.6. The summed E-state index contributed by atoms with van der Waals surface area (Å²) in [6, 6.07) is 12.3. The highest BCUT2D eigenvalue weighted by Crippen LogP contribution is 2.25. The van der Waals surface area contributed by atoms with Crippen molar-refractivity contribution in [3.05, 3.63) is 65.5 Å². The van der Waals surface area contributed by atoms with Gasteiger partial charge >= 0.3 is 0 Å². The molecular weight excluding hydrogens is 333 g/mol. The van der Waals surface area contributed by atoms with Crippen molar-refractivity contribution in [2.24, 2.45) is 11.7 Å². The lowest BCUT2D eigenvalue weighted by molar-refractivity contribution is 0.0743. The molecule has 6 heteroatoms. The number of carbonyl (C=O) groups excluding carboxylic acids is 2. The van der Waals surface area contributed by atoms with Crippen LogP contribution in [0.25, 0.3) is 0 Å². The molecule has 0 saturated carbocycles. The third-order valence-electron chi connectivity index (χ3n) is 4.73. The van der Waals surface area contributed by atoms with E-state index in [1.54, 1.807) is 24.3 Å². The zero-order valence-corrected chi connectivity index (χ0v) is 14.6. The molecule has 1 fully saturated rings. The Labute approximate surface area is 152 Å². The summed E-state index contributed by atoms with van der Waals surface area (Å²) >= 11 is 0. The summed E-state index contributed by atoms with van der Waals surface area (Å²) in [5.74, 6) is -0.487. The van der Waals surface area contributed by atoms with Crippen LogP contribution in [-0.2, 0) is 0 Å². The number of carbonyl (C=O) groups is 2. The zero-order chi connectivity index (χ0) is 18.7. The molecule has 1 saturated heterocycles. The molecule has 0 aromatic heterocycles. The van der Waals surface area contributed by atoms with Crippen molar-refractivity contribution in [2.45, 2.75) is 19.4 Å². The van der Waals surface area contributed by atoms with E-state index in [9.17, 15) is 14.0 Å². The molecule has 2 unspecified atom stereocenters. The molecule has 2 atom stereocenters. The van der Waals surface area contributed by atoms with Gasteiger partial charge in [-0.1, -0.05) is 6.07 Å². The number of nitrogens with two attached hydrogens (primary N) is 1. The van der Waals surface area contributed by atoms with Crippen LogP contribution >= 0.6 is 0 Å². The van der Waals surface area contributed by atoms with E-state index < -0.39 is 5.82 Å². The Kier molecular flexibility index (Phi) is 5.32. The van der Waals surface area contributed by atoms with Crippen molar-refractivity contribution >= 4 is 17.5 Å². The molecule has 0 radical (unpaired) electrons. The first-order valence-electron chi connectivity index (χ1n) is 8.66. The molecule has 3 N–H and O–H groups in total. The fourth-order valence-corrected chi connectivity index (χ4v) is 3.30. The third kappa shape index (κ3) is 3.91. The van der Waals surface area contributed by atoms with Crippen LogP contribution in [0.4, 0.5) is 10.1 Å². The highest BCUT2D eigenvalue weighted by molar-refractivity contribution is 6.05. The molecule has 0 bridgehead atoms. The minimum Gasteiger partial charge on any atom is -0.336 e. The van der Waals surface area contributed by atoms with Gasteiger partial charge in [-0.15, -0.1) is 0 Å². The predicted molar refractivity (Wildman–Crippen MR) is 98.5 cm³/mol. The van der Waals surface area contributed by atoms with E-state index in [4.69, 9.17) is 5.73 Å². The molecule has 5 nitrogen and oxygen atoms in total. The molecule has 2 amide bonds. The fourth-order valence-electron chi connectivity index (χ4n) is 3.30. The van der Waals surface area contributed by atoms with E-state index in [1.807, 2.05) is 11.8 Å². The molecule has 0 aliphatic carbocycles. The Morgan fingerprint density at radius 1 is 1.19 bits per heavy atom. The van der Waals surface area contributed by atoms with Crippen LogP contribution in [0.15, 0.2) is 48.5 Å². The number of hydrogen-bond donors (Lipinski definition) is 2. The Hall–Kier alpha value is -2.73. The highest BCUT2D eigenvalue weighted by atomic mass is 19.1. The predicted octanol–water partition coefficient (Wildman–Crippen LogP) is 2.89. The van der Waals surface area contributed by atoms with Gasteiger partial charge in [0.05, 0.1) is 0 Å². The number of rotatable bonds is 4. The summed E-state index contributed by atoms with van der Waals surface area (Å²) in [5, 5.41) is 2.74. The Balaban J connectivity index is 1.73. The van der Waals surface area contributed by atoms with Gasteiger partial charge in [0.1, 0.15) is 5.82 Å². The summed E-state index contributed by atoms with van der Waals surface area (Å²) in [6.45, 7) is 3.25. The van der Waals surface area contributed by atoms with Crippen LogP contribution in [-0.4, -0.2) is 35.8 Å². The van der Waals surface area contributed by atoms with E-state index in [-0.39, 0.29) is 17.9 Å². The molecule has 1 heterocycles. The summed E-state index contributed by atoms with van der Waals surface area (Å²) in [4.78, 5) is 26.9. The standard InChI is InChI=1S/C20H22FN3O2/c1-13-9-14(11-22)12-24(13)20(26)16-3-2-4-18(10-16)23-19(25)15-5-7-17(21)8-6-15/h2-8,10,13-14H,9,11-12,22H2,1H3,(H,23,25). The summed E-state index contributed by atoms with van der Waals surface area (Å²) < 4.78 is 13.0. The first-order valence-corrected chi connectivity index (χ1v) is 8.66. The number of hydrogen-bond acceptors (Lipinski definition) is 3. The highest BCUT2D eigenvalue weighted by Gasteiger charge is 2.32. The molecule has 3 rings (SSSR count). The number of halogens is 1. The first kappa shape index (κ1) is 18.1. The molecule has 136 valence electrons. The smallest absolute Gasteiger partial charge is 0.255 e. The molecule has 1 aliphatic heterocycles. The van der Waals surface area contributed by atoms with Crippen LogP contribution in [0.5, 0.6) is 0 Å². The van der Waals surface area contributed by atoms with E-state index in [2.05, 4.69) is 5.32 Å². The number of nitrogens with zero attached hydrogens (tertiary/aromatic N) is 1. The van der Waals surface area contributed by atoms with E-state index in [0.717, 1.165) is 6.42 Å². The van der Waals surface area contributed by atoms with Crippen molar-refractivity contribution in [3.63, 3.8) is 0 Å². The molecule has 2 aromatic rings. The van der Waals surface area contributed by atoms with Crippen LogP contribution < -0.4 is 11.1 Å². The lowest BCUT2D eigenvalue weighted by Gasteiger charge is -2.22. The quantitative estimate of drug-likeness (QED) is 0.885. The third-order valence-corrected chi connectivity index (χ3v) is 4.73. The summed E-state index contributed by atoms with van der Waals surface area (Å²) in [6.07, 6.45) is 0.906. The van der Waals surface area contributed by atoms with Gasteiger partial charge < -0.3 is 16.0 Å². The van der Waals surface area contributed by atoms with Crippen molar-refractivity contribution in [1.29, 1.82) is 0 Å². The Bertz CT molecular complexity index is 807. The average molecular weight is 355 g/mol. The van der Waals surface area contributed by atoms with Gasteiger partial charge in [-0.05, 0) is 68.3 Å². The fraction of sp³-hybridized carbons (Fsp3) is 0.300. The number of likely N-dealkylation sites (tertiary alicyclic amines) is 1. The van der Waals surface area contributed by atoms with Crippen LogP contribution in [0.3, 0.4) is 0 Å². The lowest BCUT2D eigenvalue weighted by atomic mass is 10.1. The van der Waals surface area contributed by atoms with Gasteiger partial charge in [-0.25, -0.2) is 4.39 Å². The molecule has 0 spiro atoms. The maximum Gasteiger partial charge on any atom is 0.255 e. The van der Waals surface area contributed by atoms with E-state index in [0.29, 0.717) is 35.8 Å². The normalized spacial score (nSPS) is 19.4. The molecule has 1 aliphatic rings. The van der Waals surface area contributed by atoms with Gasteiger partial charge in [0.2, 0.25) is 0 Å². The van der Waals surface area contributed by atoms with Gasteiger partial charge in [-0.3, -0.25) is 9.59 Å². The van der Waals surface area contributed by atoms with E-state index in [1.165, 1.54) is 24.3 Å². The number of nitrogens with one attached hydrogen (secondary N) is 1. The topological polar surface area (TPSA) is 75.4 Å². The second-order valence-electron chi connectivity index (χ2n) is 6.69. The van der Waals surface area contributed by atoms with Gasteiger partial charge in [0.25, 0.3) is 11.8 Å². The first-order chi connectivity index (χ1) is 12.5. The van der Waals surface area contributed by atoms with E-state index >= 15 is 0 Å². The molecule has 2 aromatic carbocycles. The maximum absolute atomic E-state index is 13.0. The maximum atomic E-state index is 13.0. The van der Waals surface area contributed by atoms with Crippen LogP contribution in [0, 0.1) is 11.7 Å². The average Bonchev–Trinajstić information content (AvgIpc) is 3.02. The largest absolute Gasteiger partial charge is 0.336 e. The minimum atomic E-state index is -0.398. The molecule has 26 heavy (non-hydrogen) atoms. The van der Waals surface area contributed by atoms with Crippen LogP contribution in [0.2, 0.25) is 0 Å². The van der Waals surface area contributed by atoms with Crippen LogP contribution in [0.1, 0.15) is 34.1 Å². The number of benzene rings is 2. The van der Waals surface area contributed by atoms with Gasteiger partial charge in [-0.2, -0.15) is 0 Å².